The molecule has 0 unspecified atom stereocenters. The molecule has 0 radical (unpaired) electrons. The summed E-state index contributed by atoms with van der Waals surface area (Å²) >= 11 is 0. The zero-order chi connectivity index (χ0) is 12.6. The fourth-order valence-electron chi connectivity index (χ4n) is 1.82. The molecule has 4 N–H and O–H groups in total. The predicted octanol–water partition coefficient (Wildman–Crippen LogP) is 0.113. The third-order valence-electron chi connectivity index (χ3n) is 2.64. The van der Waals surface area contributed by atoms with Crippen molar-refractivity contribution >= 4 is 23.2 Å². The van der Waals surface area contributed by atoms with E-state index in [0.717, 1.165) is 0 Å². The van der Waals surface area contributed by atoms with Gasteiger partial charge in [-0.3, -0.25) is 9.59 Å². The van der Waals surface area contributed by atoms with E-state index in [9.17, 15) is 9.59 Å². The Bertz CT molecular complexity index is 499. The normalized spacial score (nSPS) is 13.8. The third-order valence-corrected chi connectivity index (χ3v) is 2.64. The second-order valence-electron chi connectivity index (χ2n) is 3.79. The van der Waals surface area contributed by atoms with Gasteiger partial charge in [0.25, 0.3) is 5.91 Å². The average Bonchev–Trinajstić information content (AvgIpc) is 2.26. The SMILES string of the molecule is CC(=O)N1CCOc2cc(N)c(C(N)=O)cc21. The number of ether oxygens (including phenoxy) is 1. The number of nitrogens with two attached hydrogens (primary N) is 2. The molecule has 0 fully saturated rings. The summed E-state index contributed by atoms with van der Waals surface area (Å²) in [7, 11) is 0. The molecule has 0 saturated carbocycles. The van der Waals surface area contributed by atoms with Gasteiger partial charge in [0.2, 0.25) is 5.91 Å². The summed E-state index contributed by atoms with van der Waals surface area (Å²) < 4.78 is 5.39. The van der Waals surface area contributed by atoms with Gasteiger partial charge in [-0.1, -0.05) is 0 Å². The van der Waals surface area contributed by atoms with Gasteiger partial charge in [-0.2, -0.15) is 0 Å². The average molecular weight is 235 g/mol. The number of nitrogen functional groups attached to an aromatic ring is 1. The van der Waals surface area contributed by atoms with Gasteiger partial charge in [-0.15, -0.1) is 0 Å². The second kappa shape index (κ2) is 3.97. The molecular weight excluding hydrogens is 222 g/mol. The van der Waals surface area contributed by atoms with Gasteiger partial charge in [0, 0.05) is 18.7 Å². The zero-order valence-electron chi connectivity index (χ0n) is 9.40. The van der Waals surface area contributed by atoms with Crippen molar-refractivity contribution in [3.63, 3.8) is 0 Å². The molecule has 0 saturated heterocycles. The van der Waals surface area contributed by atoms with Gasteiger partial charge < -0.3 is 21.1 Å². The highest BCUT2D eigenvalue weighted by Gasteiger charge is 2.23. The highest BCUT2D eigenvalue weighted by atomic mass is 16.5. The Morgan fingerprint density at radius 1 is 1.41 bits per heavy atom. The summed E-state index contributed by atoms with van der Waals surface area (Å²) in [6, 6.07) is 3.01. The van der Waals surface area contributed by atoms with Crippen LogP contribution in [-0.2, 0) is 4.79 Å². The first-order valence-electron chi connectivity index (χ1n) is 5.15. The Hall–Kier alpha value is -2.24. The molecule has 2 rings (SSSR count). The van der Waals surface area contributed by atoms with E-state index in [-0.39, 0.29) is 17.2 Å². The van der Waals surface area contributed by atoms with Crippen LogP contribution in [0.3, 0.4) is 0 Å². The van der Waals surface area contributed by atoms with E-state index >= 15 is 0 Å². The Balaban J connectivity index is 2.56. The van der Waals surface area contributed by atoms with Crippen LogP contribution in [0.5, 0.6) is 5.75 Å². The minimum atomic E-state index is -0.626. The number of amides is 2. The summed E-state index contributed by atoms with van der Waals surface area (Å²) in [5, 5.41) is 0. The zero-order valence-corrected chi connectivity index (χ0v) is 9.40. The van der Waals surface area contributed by atoms with Crippen LogP contribution >= 0.6 is 0 Å². The molecule has 0 spiro atoms. The lowest BCUT2D eigenvalue weighted by Gasteiger charge is -2.29. The van der Waals surface area contributed by atoms with Crippen LogP contribution in [0.25, 0.3) is 0 Å². The molecule has 6 nitrogen and oxygen atoms in total. The highest BCUT2D eigenvalue weighted by Crippen LogP contribution is 2.35. The smallest absolute Gasteiger partial charge is 0.250 e. The molecule has 1 aromatic rings. The van der Waals surface area contributed by atoms with Crippen LogP contribution in [0, 0.1) is 0 Å². The minimum absolute atomic E-state index is 0.116. The van der Waals surface area contributed by atoms with E-state index in [1.807, 2.05) is 0 Å². The van der Waals surface area contributed by atoms with Gasteiger partial charge >= 0.3 is 0 Å². The quantitative estimate of drug-likeness (QED) is 0.675. The molecule has 0 aliphatic carbocycles. The number of hydrogen-bond acceptors (Lipinski definition) is 4. The van der Waals surface area contributed by atoms with Gasteiger partial charge in [-0.05, 0) is 6.07 Å². The molecule has 17 heavy (non-hydrogen) atoms. The molecule has 0 atom stereocenters. The predicted molar refractivity (Wildman–Crippen MR) is 62.9 cm³/mol. The number of benzene rings is 1. The van der Waals surface area contributed by atoms with Crippen molar-refractivity contribution in [3.8, 4) is 5.75 Å². The van der Waals surface area contributed by atoms with E-state index in [0.29, 0.717) is 24.6 Å². The van der Waals surface area contributed by atoms with Gasteiger partial charge in [0.1, 0.15) is 12.4 Å². The van der Waals surface area contributed by atoms with Crippen LogP contribution in [-0.4, -0.2) is 25.0 Å². The molecule has 1 aromatic carbocycles. The lowest BCUT2D eigenvalue weighted by molar-refractivity contribution is -0.116. The number of carbonyl (C=O) groups is 2. The standard InChI is InChI=1S/C11H13N3O3/c1-6(15)14-2-3-17-10-5-8(12)7(11(13)16)4-9(10)14/h4-5H,2-3,12H2,1H3,(H2,13,16). The first-order valence-corrected chi connectivity index (χ1v) is 5.15. The molecule has 2 amide bonds. The molecule has 1 aliphatic heterocycles. The maximum atomic E-state index is 11.5. The van der Waals surface area contributed by atoms with Gasteiger partial charge in [0.15, 0.2) is 0 Å². The van der Waals surface area contributed by atoms with Crippen molar-refractivity contribution in [1.29, 1.82) is 0 Å². The van der Waals surface area contributed by atoms with Gasteiger partial charge in [-0.25, -0.2) is 0 Å². The largest absolute Gasteiger partial charge is 0.489 e. The molecule has 90 valence electrons. The number of hydrogen-bond donors (Lipinski definition) is 2. The summed E-state index contributed by atoms with van der Waals surface area (Å²) in [6.45, 7) is 2.31. The van der Waals surface area contributed by atoms with Gasteiger partial charge in [0.05, 0.1) is 17.8 Å². The molecule has 0 aromatic heterocycles. The van der Waals surface area contributed by atoms with E-state index < -0.39 is 5.91 Å². The van der Waals surface area contributed by atoms with Crippen LogP contribution in [0.1, 0.15) is 17.3 Å². The first kappa shape index (κ1) is 11.3. The fraction of sp³-hybridized carbons (Fsp3) is 0.273. The molecule has 1 heterocycles. The number of primary amides is 1. The van der Waals surface area contributed by atoms with Crippen molar-refractivity contribution < 1.29 is 14.3 Å². The summed E-state index contributed by atoms with van der Waals surface area (Å²) in [5.74, 6) is -0.247. The van der Waals surface area contributed by atoms with E-state index in [1.165, 1.54) is 24.0 Å². The first-order chi connectivity index (χ1) is 8.00. The van der Waals surface area contributed by atoms with E-state index in [2.05, 4.69) is 0 Å². The van der Waals surface area contributed by atoms with E-state index in [4.69, 9.17) is 16.2 Å². The summed E-state index contributed by atoms with van der Waals surface area (Å²) in [6.07, 6.45) is 0. The Morgan fingerprint density at radius 3 is 2.71 bits per heavy atom. The number of nitrogens with zero attached hydrogens (tertiary/aromatic N) is 1. The van der Waals surface area contributed by atoms with Crippen LogP contribution in [0.4, 0.5) is 11.4 Å². The number of rotatable bonds is 1. The Morgan fingerprint density at radius 2 is 2.12 bits per heavy atom. The Labute approximate surface area is 98.1 Å². The monoisotopic (exact) mass is 235 g/mol. The minimum Gasteiger partial charge on any atom is -0.489 e. The topological polar surface area (TPSA) is 98.7 Å². The van der Waals surface area contributed by atoms with Crippen molar-refractivity contribution in [2.45, 2.75) is 6.92 Å². The molecule has 0 bridgehead atoms. The molecular formula is C11H13N3O3. The summed E-state index contributed by atoms with van der Waals surface area (Å²) in [5.41, 5.74) is 11.9. The maximum Gasteiger partial charge on any atom is 0.250 e. The number of carbonyl (C=O) groups excluding carboxylic acids is 2. The third kappa shape index (κ3) is 1.89. The summed E-state index contributed by atoms with van der Waals surface area (Å²) in [4.78, 5) is 24.2. The van der Waals surface area contributed by atoms with Crippen LogP contribution < -0.4 is 21.1 Å². The van der Waals surface area contributed by atoms with Crippen molar-refractivity contribution in [3.05, 3.63) is 17.7 Å². The van der Waals surface area contributed by atoms with Crippen molar-refractivity contribution in [2.24, 2.45) is 5.73 Å². The van der Waals surface area contributed by atoms with E-state index in [1.54, 1.807) is 0 Å². The number of fused-ring (bicyclic) bond motifs is 1. The highest BCUT2D eigenvalue weighted by molar-refractivity contribution is 6.02. The molecule has 6 heteroatoms. The second-order valence-corrected chi connectivity index (χ2v) is 3.79. The van der Waals surface area contributed by atoms with Crippen LogP contribution in [0.2, 0.25) is 0 Å². The lowest BCUT2D eigenvalue weighted by atomic mass is 10.1. The maximum absolute atomic E-state index is 11.5. The Kier molecular flexibility index (Phi) is 2.63. The van der Waals surface area contributed by atoms with Crippen molar-refractivity contribution in [1.82, 2.24) is 0 Å². The van der Waals surface area contributed by atoms with Crippen LogP contribution in [0.15, 0.2) is 12.1 Å². The van der Waals surface area contributed by atoms with Crippen molar-refractivity contribution in [2.75, 3.05) is 23.8 Å². The lowest BCUT2D eigenvalue weighted by Crippen LogP contribution is -2.36. The molecule has 1 aliphatic rings. The number of anilines is 2. The fourth-order valence-corrected chi connectivity index (χ4v) is 1.82.